The van der Waals surface area contributed by atoms with E-state index in [0.29, 0.717) is 0 Å². The van der Waals surface area contributed by atoms with E-state index < -0.39 is 19.8 Å². The van der Waals surface area contributed by atoms with Crippen molar-refractivity contribution in [1.82, 2.24) is 4.90 Å². The molecule has 3 aliphatic heterocycles. The Kier molecular flexibility index (Phi) is 3.14. The van der Waals surface area contributed by atoms with Crippen LogP contribution in [0.3, 0.4) is 0 Å². The predicted octanol–water partition coefficient (Wildman–Crippen LogP) is 1.98. The van der Waals surface area contributed by atoms with Crippen LogP contribution < -0.4 is 0 Å². The summed E-state index contributed by atoms with van der Waals surface area (Å²) in [4.78, 5) is 2.69. The van der Waals surface area contributed by atoms with Gasteiger partial charge in [-0.3, -0.25) is 0 Å². The van der Waals surface area contributed by atoms with Crippen molar-refractivity contribution in [3.05, 3.63) is 0 Å². The van der Waals surface area contributed by atoms with Gasteiger partial charge in [-0.15, -0.1) is 0 Å². The Morgan fingerprint density at radius 3 is 1.64 bits per heavy atom. The summed E-state index contributed by atoms with van der Waals surface area (Å²) in [5, 5.41) is 0. The molecule has 1 nitrogen and oxygen atoms in total. The second-order valence-electron chi connectivity index (χ2n) is 3.90. The van der Waals surface area contributed by atoms with Gasteiger partial charge in [0, 0.05) is 0 Å². The van der Waals surface area contributed by atoms with Gasteiger partial charge in [-0.05, 0) is 0 Å². The number of fused-ring (bicyclic) bond motifs is 6. The topological polar surface area (TPSA) is 3.24 Å². The van der Waals surface area contributed by atoms with E-state index in [0.717, 1.165) is 0 Å². The summed E-state index contributed by atoms with van der Waals surface area (Å²) in [5.41, 5.74) is 0. The fourth-order valence-corrected chi connectivity index (χ4v) is 10.1. The Morgan fingerprint density at radius 1 is 0.727 bits per heavy atom. The zero-order valence-electron chi connectivity index (χ0n) is 7.31. The van der Waals surface area contributed by atoms with Crippen molar-refractivity contribution in [2.24, 2.45) is 0 Å². The zero-order chi connectivity index (χ0) is 7.52. The average molecular weight is 259 g/mol. The van der Waals surface area contributed by atoms with Crippen molar-refractivity contribution in [2.75, 3.05) is 19.6 Å². The van der Waals surface area contributed by atoms with Crippen molar-refractivity contribution in [3.63, 3.8) is 0 Å². The molecule has 0 aliphatic carbocycles. The van der Waals surface area contributed by atoms with Crippen LogP contribution in [0.15, 0.2) is 0 Å². The zero-order valence-corrected chi connectivity index (χ0v) is 10.2. The van der Waals surface area contributed by atoms with Crippen molar-refractivity contribution in [2.45, 2.75) is 32.6 Å². The molecule has 3 rings (SSSR count). The monoisotopic (exact) mass is 260 g/mol. The molecule has 3 fully saturated rings. The third kappa shape index (κ3) is 2.35. The molecule has 0 saturated carbocycles. The Morgan fingerprint density at radius 2 is 1.18 bits per heavy atom. The van der Waals surface area contributed by atoms with Gasteiger partial charge >= 0.3 is 76.9 Å². The Bertz CT molecular complexity index is 91.0. The van der Waals surface area contributed by atoms with Crippen LogP contribution in [0.2, 0.25) is 13.3 Å². The number of rotatable bonds is 0. The van der Waals surface area contributed by atoms with Crippen LogP contribution >= 0.6 is 0 Å². The molecule has 0 N–H and O–H groups in total. The van der Waals surface area contributed by atoms with E-state index in [1.165, 1.54) is 19.6 Å². The Balaban J connectivity index is 1.96. The minimum atomic E-state index is -0.723. The van der Waals surface area contributed by atoms with E-state index in [4.69, 9.17) is 0 Å². The molecule has 11 heavy (non-hydrogen) atoms. The molecule has 3 aliphatic rings. The third-order valence-corrected chi connectivity index (χ3v) is 12.1. The molecule has 63 valence electrons. The van der Waals surface area contributed by atoms with Gasteiger partial charge in [-0.1, -0.05) is 0 Å². The van der Waals surface area contributed by atoms with Crippen LogP contribution in [0.4, 0.5) is 0 Å². The number of hydrogen-bond acceptors (Lipinski definition) is 1. The maximum atomic E-state index is 2.69. The van der Waals surface area contributed by atoms with E-state index >= 15 is 0 Å². The fraction of sp³-hybridized carbons (Fsp3) is 1.00. The summed E-state index contributed by atoms with van der Waals surface area (Å²) in [6, 6.07) is 0. The van der Waals surface area contributed by atoms with Crippen LogP contribution in [-0.4, -0.2) is 44.3 Å². The second-order valence-corrected chi connectivity index (χ2v) is 12.5. The van der Waals surface area contributed by atoms with E-state index in [2.05, 4.69) is 4.90 Å². The van der Waals surface area contributed by atoms with Gasteiger partial charge in [0.15, 0.2) is 0 Å². The first-order valence-electron chi connectivity index (χ1n) is 5.01. The normalized spacial score (nSPS) is 29.5. The molecule has 0 aromatic heterocycles. The molecular formula is C9H18NSn. The van der Waals surface area contributed by atoms with Gasteiger partial charge in [-0.25, -0.2) is 0 Å². The number of nitrogens with zero attached hydrogens (tertiary/aromatic N) is 1. The summed E-state index contributed by atoms with van der Waals surface area (Å²) >= 11 is -0.723. The van der Waals surface area contributed by atoms with Crippen molar-refractivity contribution < 1.29 is 0 Å². The molecule has 0 spiro atoms. The van der Waals surface area contributed by atoms with Gasteiger partial charge in [0.05, 0.1) is 0 Å². The van der Waals surface area contributed by atoms with Crippen molar-refractivity contribution in [1.29, 1.82) is 0 Å². The van der Waals surface area contributed by atoms with Crippen molar-refractivity contribution in [3.8, 4) is 0 Å². The molecule has 0 aromatic rings. The van der Waals surface area contributed by atoms with E-state index in [9.17, 15) is 0 Å². The van der Waals surface area contributed by atoms with Gasteiger partial charge < -0.3 is 0 Å². The van der Waals surface area contributed by atoms with Gasteiger partial charge in [-0.2, -0.15) is 0 Å². The first kappa shape index (κ1) is 8.36. The molecular weight excluding hydrogens is 241 g/mol. The van der Waals surface area contributed by atoms with Crippen LogP contribution in [0.5, 0.6) is 0 Å². The molecule has 3 heterocycles. The van der Waals surface area contributed by atoms with E-state index in [-0.39, 0.29) is 0 Å². The number of hydrogen-bond donors (Lipinski definition) is 0. The quantitative estimate of drug-likeness (QED) is 0.601. The van der Waals surface area contributed by atoms with Crippen LogP contribution in [-0.2, 0) is 0 Å². The standard InChI is InChI=1S/C9H18N.Sn/c1-4-7-10(8-5-2)9-6-3;/h1-9H2;. The molecule has 0 unspecified atom stereocenters. The summed E-state index contributed by atoms with van der Waals surface area (Å²) in [7, 11) is 0. The minimum absolute atomic E-state index is 0.723. The van der Waals surface area contributed by atoms with Crippen LogP contribution in [0, 0.1) is 0 Å². The third-order valence-electron chi connectivity index (χ3n) is 3.01. The SMILES string of the molecule is C1CN2CC[CH2][Sn]([CH2]1)[CH2]CC2. The van der Waals surface area contributed by atoms with Gasteiger partial charge in [0.25, 0.3) is 0 Å². The Hall–Kier alpha value is 0.759. The van der Waals surface area contributed by atoms with Gasteiger partial charge in [0.1, 0.15) is 0 Å². The second kappa shape index (κ2) is 4.13. The molecule has 2 heteroatoms. The summed E-state index contributed by atoms with van der Waals surface area (Å²) < 4.78 is 5.12. The van der Waals surface area contributed by atoms with E-state index in [1.807, 2.05) is 0 Å². The van der Waals surface area contributed by atoms with Crippen LogP contribution in [0.1, 0.15) is 19.3 Å². The molecule has 3 saturated heterocycles. The summed E-state index contributed by atoms with van der Waals surface area (Å²) in [6.45, 7) is 4.30. The summed E-state index contributed by atoms with van der Waals surface area (Å²) in [5.74, 6) is 0. The predicted molar refractivity (Wildman–Crippen MR) is 50.5 cm³/mol. The average Bonchev–Trinajstić information content (AvgIpc) is 1.80. The van der Waals surface area contributed by atoms with Crippen molar-refractivity contribution >= 4 is 19.8 Å². The molecule has 2 bridgehead atoms. The first-order chi connectivity index (χ1) is 5.45. The molecule has 0 atom stereocenters. The fourth-order valence-electron chi connectivity index (χ4n) is 2.37. The maximum absolute atomic E-state index is 2.69. The molecule has 1 radical (unpaired) electrons. The van der Waals surface area contributed by atoms with Gasteiger partial charge in [0.2, 0.25) is 0 Å². The van der Waals surface area contributed by atoms with E-state index in [1.54, 1.807) is 32.6 Å². The molecule has 0 amide bonds. The van der Waals surface area contributed by atoms with Crippen LogP contribution in [0.25, 0.3) is 0 Å². The summed E-state index contributed by atoms with van der Waals surface area (Å²) in [6.07, 6.45) is 4.65. The first-order valence-corrected chi connectivity index (χ1v) is 11.1. The molecule has 0 aromatic carbocycles. The Labute approximate surface area is 76.9 Å².